The maximum Gasteiger partial charge on any atom is 1.00 e. The number of hydrogen-bond acceptors (Lipinski definition) is 11. The van der Waals surface area contributed by atoms with E-state index in [-0.39, 0.29) is 124 Å². The molecule has 0 atom stereocenters. The van der Waals surface area contributed by atoms with Gasteiger partial charge in [0, 0.05) is 47.5 Å². The number of carboxylic acid groups (broad SMARTS) is 2. The fraction of sp³-hybridized carbons (Fsp3) is 0.581. The summed E-state index contributed by atoms with van der Waals surface area (Å²) in [7, 11) is 3.24. The summed E-state index contributed by atoms with van der Waals surface area (Å²) in [4.78, 5) is 34.4. The van der Waals surface area contributed by atoms with Crippen LogP contribution in [-0.2, 0) is 0 Å². The number of nitro groups is 2. The van der Waals surface area contributed by atoms with Crippen LogP contribution in [0, 0.1) is 20.2 Å². The Bertz CT molecular complexity index is 1160. The molecule has 0 amide bonds. The van der Waals surface area contributed by atoms with Gasteiger partial charge in [0.2, 0.25) is 0 Å². The van der Waals surface area contributed by atoms with Gasteiger partial charge < -0.3 is 34.3 Å². The summed E-state index contributed by atoms with van der Waals surface area (Å²) in [5.74, 6) is 2.22. The van der Waals surface area contributed by atoms with E-state index in [4.69, 9.17) is 24.5 Å². The molecule has 2 saturated heterocycles. The second-order valence-corrected chi connectivity index (χ2v) is 11.4. The first-order valence-electron chi connectivity index (χ1n) is 14.8. The number of likely N-dealkylation sites (tertiary alicyclic amines) is 2. The average molecular weight is 695 g/mol. The van der Waals surface area contributed by atoms with Gasteiger partial charge in [-0.2, -0.15) is 0 Å². The molecule has 2 heterocycles. The van der Waals surface area contributed by atoms with Crippen molar-refractivity contribution in [3.63, 3.8) is 0 Å². The molecule has 4 rings (SSSR count). The zero-order chi connectivity index (χ0) is 33.0. The minimum absolute atomic E-state index is 0. The summed E-state index contributed by atoms with van der Waals surface area (Å²) in [5, 5.41) is 38.5. The molecule has 0 aromatic heterocycles. The van der Waals surface area contributed by atoms with Crippen LogP contribution in [0.5, 0.6) is 11.5 Å². The topological polar surface area (TPSA) is 174 Å². The van der Waals surface area contributed by atoms with E-state index in [1.165, 1.54) is 12.1 Å². The van der Waals surface area contributed by atoms with E-state index in [0.29, 0.717) is 23.9 Å². The molecule has 15 heteroatoms. The van der Waals surface area contributed by atoms with Crippen molar-refractivity contribution in [1.29, 1.82) is 0 Å². The van der Waals surface area contributed by atoms with Crippen LogP contribution >= 0.6 is 0 Å². The fourth-order valence-corrected chi connectivity index (χ4v) is 5.76. The van der Waals surface area contributed by atoms with Crippen molar-refractivity contribution < 1.29 is 137 Å². The second kappa shape index (κ2) is 22.8. The van der Waals surface area contributed by atoms with Gasteiger partial charge >= 0.3 is 103 Å². The molecule has 0 N–H and O–H groups in total. The van der Waals surface area contributed by atoms with Crippen LogP contribution in [0.3, 0.4) is 0 Å². The summed E-state index contributed by atoms with van der Waals surface area (Å²) in [5.41, 5.74) is 2.24. The minimum Gasteiger partial charge on any atom is -0.652 e. The zero-order valence-electron chi connectivity index (χ0n) is 28.4. The van der Waals surface area contributed by atoms with Gasteiger partial charge in [-0.3, -0.25) is 20.2 Å². The summed E-state index contributed by atoms with van der Waals surface area (Å²) in [6.07, 6.45) is 1.76. The summed E-state index contributed by atoms with van der Waals surface area (Å²) in [6.45, 7) is 13.0. The van der Waals surface area contributed by atoms with Crippen LogP contribution in [0.15, 0.2) is 36.4 Å². The number of nitro benzene ring substituents is 2. The second-order valence-electron chi connectivity index (χ2n) is 11.4. The van der Waals surface area contributed by atoms with Crippen LogP contribution in [0.2, 0.25) is 0 Å². The molecular formula is C31H44K2N4O9. The number of ether oxygens (including phenoxy) is 2. The SMILES string of the molecule is COc1ccc([N+](=O)[O-])cc1C1CCN(C(C)C)CC1.COc1ccc([N+](=O)[O-])cc1C1CCN(C(C)C)CC1.O=C([O-])[O-].[K+].[K+]. The van der Waals surface area contributed by atoms with Crippen LogP contribution < -0.4 is 122 Å². The number of carbonyl (C=O) groups excluding carboxylic acids is 1. The fourth-order valence-electron chi connectivity index (χ4n) is 5.76. The van der Waals surface area contributed by atoms with Crippen molar-refractivity contribution in [3.05, 3.63) is 67.8 Å². The van der Waals surface area contributed by atoms with Gasteiger partial charge in [-0.05, 0) is 110 Å². The summed E-state index contributed by atoms with van der Waals surface area (Å²) >= 11 is 0. The molecule has 2 aliphatic heterocycles. The van der Waals surface area contributed by atoms with Crippen molar-refractivity contribution in [3.8, 4) is 11.5 Å². The Morgan fingerprint density at radius 3 is 1.20 bits per heavy atom. The number of piperidine rings is 2. The molecule has 0 aliphatic carbocycles. The number of hydrogen-bond donors (Lipinski definition) is 0. The predicted octanol–water partition coefficient (Wildman–Crippen LogP) is -2.06. The van der Waals surface area contributed by atoms with Crippen LogP contribution in [-0.4, -0.2) is 78.3 Å². The zero-order valence-corrected chi connectivity index (χ0v) is 34.6. The van der Waals surface area contributed by atoms with E-state index in [2.05, 4.69) is 37.5 Å². The Morgan fingerprint density at radius 1 is 0.696 bits per heavy atom. The molecule has 2 fully saturated rings. The monoisotopic (exact) mass is 694 g/mol. The van der Waals surface area contributed by atoms with Crippen molar-refractivity contribution in [2.75, 3.05) is 40.4 Å². The molecule has 0 spiro atoms. The molecule has 2 aromatic carbocycles. The third-order valence-electron chi connectivity index (χ3n) is 8.25. The molecule has 0 bridgehead atoms. The van der Waals surface area contributed by atoms with E-state index in [1.54, 1.807) is 38.5 Å². The van der Waals surface area contributed by atoms with Gasteiger partial charge in [0.15, 0.2) is 0 Å². The standard InChI is InChI=1S/2C15H22N2O3.CH2O3.2K/c2*1-11(2)16-8-6-12(7-9-16)14-10-13(17(18)19)4-5-15(14)20-3;2-1(3)4;;/h2*4-5,10-12H,6-9H2,1-3H3;(H2,2,3,4);;/q;;;2*+1/p-2. The van der Waals surface area contributed by atoms with Crippen LogP contribution in [0.25, 0.3) is 0 Å². The smallest absolute Gasteiger partial charge is 0.652 e. The van der Waals surface area contributed by atoms with E-state index in [0.717, 1.165) is 74.5 Å². The number of non-ortho nitro benzene ring substituents is 2. The molecule has 13 nitrogen and oxygen atoms in total. The van der Waals surface area contributed by atoms with Crippen molar-refractivity contribution in [2.24, 2.45) is 0 Å². The largest absolute Gasteiger partial charge is 1.00 e. The molecule has 0 radical (unpaired) electrons. The molecular weight excluding hydrogens is 651 g/mol. The number of nitrogens with zero attached hydrogens (tertiary/aromatic N) is 4. The first-order valence-corrected chi connectivity index (χ1v) is 14.8. The van der Waals surface area contributed by atoms with Gasteiger partial charge in [0.1, 0.15) is 11.5 Å². The number of benzene rings is 2. The third-order valence-corrected chi connectivity index (χ3v) is 8.25. The van der Waals surface area contributed by atoms with Gasteiger partial charge in [-0.25, -0.2) is 0 Å². The molecule has 46 heavy (non-hydrogen) atoms. The average Bonchev–Trinajstić information content (AvgIpc) is 3.00. The Balaban J connectivity index is 0.000000759. The van der Waals surface area contributed by atoms with Gasteiger partial charge in [-0.1, -0.05) is 0 Å². The summed E-state index contributed by atoms with van der Waals surface area (Å²) < 4.78 is 10.7. The Kier molecular flexibility index (Phi) is 22.5. The molecule has 2 aliphatic rings. The first kappa shape index (κ1) is 45.3. The summed E-state index contributed by atoms with van der Waals surface area (Å²) in [6, 6.07) is 10.9. The van der Waals surface area contributed by atoms with Crippen LogP contribution in [0.4, 0.5) is 16.2 Å². The molecule has 0 unspecified atom stereocenters. The van der Waals surface area contributed by atoms with Gasteiger partial charge in [0.05, 0.1) is 24.1 Å². The van der Waals surface area contributed by atoms with E-state index in [9.17, 15) is 20.2 Å². The van der Waals surface area contributed by atoms with Crippen molar-refractivity contribution in [1.82, 2.24) is 9.80 Å². The molecule has 2 aromatic rings. The van der Waals surface area contributed by atoms with E-state index < -0.39 is 6.16 Å². The third kappa shape index (κ3) is 14.4. The van der Waals surface area contributed by atoms with Gasteiger partial charge in [-0.15, -0.1) is 0 Å². The molecule has 244 valence electrons. The minimum atomic E-state index is -2.33. The normalized spacial score (nSPS) is 15.7. The van der Waals surface area contributed by atoms with Gasteiger partial charge in [0.25, 0.3) is 11.4 Å². The predicted molar refractivity (Wildman–Crippen MR) is 162 cm³/mol. The van der Waals surface area contributed by atoms with E-state index >= 15 is 0 Å². The Morgan fingerprint density at radius 2 is 0.978 bits per heavy atom. The van der Waals surface area contributed by atoms with Crippen molar-refractivity contribution in [2.45, 2.75) is 77.3 Å². The maximum absolute atomic E-state index is 10.9. The van der Waals surface area contributed by atoms with Crippen LogP contribution in [0.1, 0.15) is 76.3 Å². The van der Waals surface area contributed by atoms with E-state index in [1.807, 2.05) is 0 Å². The number of rotatable bonds is 8. The first-order chi connectivity index (χ1) is 20.8. The Hall–Kier alpha value is -0.697. The number of methoxy groups -OCH3 is 2. The number of carbonyl (C=O) groups is 1. The maximum atomic E-state index is 10.9. The van der Waals surface area contributed by atoms with Crippen molar-refractivity contribution >= 4 is 17.5 Å². The quantitative estimate of drug-likeness (QED) is 0.169. The Labute approximate surface area is 356 Å². The molecule has 0 saturated carbocycles.